The van der Waals surface area contributed by atoms with Crippen LogP contribution >= 0.6 is 0 Å². The van der Waals surface area contributed by atoms with Gasteiger partial charge in [0.1, 0.15) is 11.5 Å². The van der Waals surface area contributed by atoms with Gasteiger partial charge in [-0.3, -0.25) is 4.79 Å². The number of rotatable bonds is 8. The summed E-state index contributed by atoms with van der Waals surface area (Å²) in [7, 11) is 3.31. The van der Waals surface area contributed by atoms with Gasteiger partial charge in [-0.05, 0) is 60.7 Å². The molecule has 33 heavy (non-hydrogen) atoms. The molecule has 1 fully saturated rings. The third kappa shape index (κ3) is 5.80. The zero-order chi connectivity index (χ0) is 23.0. The molecule has 1 amide bonds. The molecule has 0 bridgehead atoms. The first kappa shape index (κ1) is 22.6. The monoisotopic (exact) mass is 446 g/mol. The summed E-state index contributed by atoms with van der Waals surface area (Å²) in [6.07, 6.45) is 5.75. The van der Waals surface area contributed by atoms with E-state index < -0.39 is 0 Å². The fourth-order valence-electron chi connectivity index (χ4n) is 4.17. The Morgan fingerprint density at radius 1 is 0.970 bits per heavy atom. The van der Waals surface area contributed by atoms with Crippen LogP contribution in [0.5, 0.6) is 11.5 Å². The van der Waals surface area contributed by atoms with E-state index in [1.165, 1.54) is 0 Å². The van der Waals surface area contributed by atoms with Crippen molar-refractivity contribution >= 4 is 11.9 Å². The Morgan fingerprint density at radius 3 is 2.12 bits per heavy atom. The first-order valence-electron chi connectivity index (χ1n) is 11.3. The molecule has 0 unspecified atom stereocenters. The lowest BCUT2D eigenvalue weighted by atomic mass is 9.93. The van der Waals surface area contributed by atoms with E-state index in [9.17, 15) is 4.79 Å². The minimum Gasteiger partial charge on any atom is -0.497 e. The maximum absolute atomic E-state index is 13.2. The number of amides is 1. The van der Waals surface area contributed by atoms with Gasteiger partial charge in [0.05, 0.1) is 20.3 Å². The highest BCUT2D eigenvalue weighted by molar-refractivity contribution is 5.79. The molecular weight excluding hydrogens is 416 g/mol. The van der Waals surface area contributed by atoms with Crippen molar-refractivity contribution in [1.29, 1.82) is 0 Å². The van der Waals surface area contributed by atoms with Crippen molar-refractivity contribution in [2.45, 2.75) is 25.3 Å². The van der Waals surface area contributed by atoms with Crippen LogP contribution in [-0.2, 0) is 11.2 Å². The number of nitrogens with one attached hydrogen (secondary N) is 1. The molecule has 0 radical (unpaired) electrons. The molecule has 172 valence electrons. The predicted molar refractivity (Wildman–Crippen MR) is 128 cm³/mol. The number of anilines is 1. The number of benzene rings is 2. The van der Waals surface area contributed by atoms with Gasteiger partial charge in [0.25, 0.3) is 0 Å². The van der Waals surface area contributed by atoms with E-state index in [0.717, 1.165) is 54.5 Å². The van der Waals surface area contributed by atoms with Crippen LogP contribution in [0.4, 0.5) is 5.95 Å². The Labute approximate surface area is 194 Å². The van der Waals surface area contributed by atoms with E-state index in [-0.39, 0.29) is 17.9 Å². The molecule has 0 saturated carbocycles. The number of carbonyl (C=O) groups is 1. The van der Waals surface area contributed by atoms with Crippen LogP contribution in [0.2, 0.25) is 0 Å². The Balaban J connectivity index is 1.44. The molecule has 1 aliphatic heterocycles. The molecule has 7 heteroatoms. The van der Waals surface area contributed by atoms with Crippen LogP contribution in [0.1, 0.15) is 30.0 Å². The highest BCUT2D eigenvalue weighted by Gasteiger charge is 2.28. The highest BCUT2D eigenvalue weighted by atomic mass is 16.5. The van der Waals surface area contributed by atoms with Gasteiger partial charge >= 0.3 is 0 Å². The highest BCUT2D eigenvalue weighted by Crippen LogP contribution is 2.25. The maximum Gasteiger partial charge on any atom is 0.225 e. The summed E-state index contributed by atoms with van der Waals surface area (Å²) in [6, 6.07) is 17.6. The molecule has 7 nitrogen and oxygen atoms in total. The topological polar surface area (TPSA) is 76.6 Å². The number of piperidine rings is 1. The molecule has 0 spiro atoms. The standard InChI is InChI=1S/C26H30N4O3/c1-32-22-8-4-19(5-9-22)18-24(20-6-10-23(33-2)11-7-20)29-25(31)21-12-16-30(17-13-21)26-27-14-3-15-28-26/h3-11,14-15,21,24H,12-13,16-18H2,1-2H3,(H,29,31)/t24-/m0/s1. The number of carbonyl (C=O) groups excluding carboxylic acids is 1. The number of hydrogen-bond acceptors (Lipinski definition) is 6. The smallest absolute Gasteiger partial charge is 0.225 e. The molecule has 1 saturated heterocycles. The number of aromatic nitrogens is 2. The van der Waals surface area contributed by atoms with Crippen molar-refractivity contribution in [1.82, 2.24) is 15.3 Å². The summed E-state index contributed by atoms with van der Waals surface area (Å²) in [6.45, 7) is 1.54. The lowest BCUT2D eigenvalue weighted by Gasteiger charge is -2.32. The fraction of sp³-hybridized carbons (Fsp3) is 0.346. The zero-order valence-electron chi connectivity index (χ0n) is 19.1. The number of ether oxygens (including phenoxy) is 2. The van der Waals surface area contributed by atoms with Gasteiger partial charge < -0.3 is 19.7 Å². The quantitative estimate of drug-likeness (QED) is 0.567. The minimum atomic E-state index is -0.132. The summed E-state index contributed by atoms with van der Waals surface area (Å²) < 4.78 is 10.6. The van der Waals surface area contributed by atoms with Gasteiger partial charge in [0.2, 0.25) is 11.9 Å². The summed E-state index contributed by atoms with van der Waals surface area (Å²) in [4.78, 5) is 24.0. The minimum absolute atomic E-state index is 0.0263. The van der Waals surface area contributed by atoms with Gasteiger partial charge in [0.15, 0.2) is 0 Å². The molecular formula is C26H30N4O3. The van der Waals surface area contributed by atoms with Crippen molar-refractivity contribution in [3.05, 3.63) is 78.1 Å². The first-order chi connectivity index (χ1) is 16.2. The molecule has 2 aromatic carbocycles. The summed E-state index contributed by atoms with van der Waals surface area (Å²) in [5, 5.41) is 3.31. The number of methoxy groups -OCH3 is 2. The van der Waals surface area contributed by atoms with Gasteiger partial charge in [0, 0.05) is 31.4 Å². The maximum atomic E-state index is 13.2. The second kappa shape index (κ2) is 10.8. The summed E-state index contributed by atoms with van der Waals surface area (Å²) in [5.41, 5.74) is 2.18. The molecule has 1 aromatic heterocycles. The Kier molecular flexibility index (Phi) is 7.40. The van der Waals surface area contributed by atoms with E-state index >= 15 is 0 Å². The second-order valence-electron chi connectivity index (χ2n) is 8.20. The zero-order valence-corrected chi connectivity index (χ0v) is 19.1. The van der Waals surface area contributed by atoms with Gasteiger partial charge in [-0.1, -0.05) is 24.3 Å². The van der Waals surface area contributed by atoms with Crippen LogP contribution in [0.3, 0.4) is 0 Å². The van der Waals surface area contributed by atoms with Crippen LogP contribution in [0.15, 0.2) is 67.0 Å². The average Bonchev–Trinajstić information content (AvgIpc) is 2.89. The van der Waals surface area contributed by atoms with Gasteiger partial charge in [-0.15, -0.1) is 0 Å². The van der Waals surface area contributed by atoms with Gasteiger partial charge in [-0.25, -0.2) is 9.97 Å². The number of hydrogen-bond donors (Lipinski definition) is 1. The molecule has 0 aliphatic carbocycles. The summed E-state index contributed by atoms with van der Waals surface area (Å²) in [5.74, 6) is 2.41. The Hall–Kier alpha value is -3.61. The average molecular weight is 447 g/mol. The van der Waals surface area contributed by atoms with Crippen molar-refractivity contribution in [3.63, 3.8) is 0 Å². The van der Waals surface area contributed by atoms with E-state index in [1.54, 1.807) is 26.6 Å². The van der Waals surface area contributed by atoms with Crippen molar-refractivity contribution in [2.24, 2.45) is 5.92 Å². The van der Waals surface area contributed by atoms with Crippen molar-refractivity contribution in [2.75, 3.05) is 32.2 Å². The molecule has 2 heterocycles. The molecule has 1 atom stereocenters. The van der Waals surface area contributed by atoms with Crippen LogP contribution in [0.25, 0.3) is 0 Å². The molecule has 1 N–H and O–H groups in total. The lowest BCUT2D eigenvalue weighted by molar-refractivity contribution is -0.126. The molecule has 4 rings (SSSR count). The van der Waals surface area contributed by atoms with E-state index in [1.807, 2.05) is 54.6 Å². The third-order valence-electron chi connectivity index (χ3n) is 6.13. The molecule has 1 aliphatic rings. The van der Waals surface area contributed by atoms with Crippen LogP contribution < -0.4 is 19.7 Å². The SMILES string of the molecule is COc1ccc(C[C@H](NC(=O)C2CCN(c3ncccn3)CC2)c2ccc(OC)cc2)cc1. The predicted octanol–water partition coefficient (Wildman–Crippen LogP) is 3.81. The van der Waals surface area contributed by atoms with Gasteiger partial charge in [-0.2, -0.15) is 0 Å². The fourth-order valence-corrected chi connectivity index (χ4v) is 4.17. The van der Waals surface area contributed by atoms with Crippen molar-refractivity contribution < 1.29 is 14.3 Å². The second-order valence-corrected chi connectivity index (χ2v) is 8.20. The first-order valence-corrected chi connectivity index (χ1v) is 11.3. The lowest BCUT2D eigenvalue weighted by Crippen LogP contribution is -2.42. The Morgan fingerprint density at radius 2 is 1.55 bits per heavy atom. The van der Waals surface area contributed by atoms with Crippen LogP contribution in [0, 0.1) is 5.92 Å². The van der Waals surface area contributed by atoms with E-state index in [0.29, 0.717) is 6.42 Å². The molecule has 3 aromatic rings. The summed E-state index contributed by atoms with van der Waals surface area (Å²) >= 11 is 0. The van der Waals surface area contributed by atoms with E-state index in [4.69, 9.17) is 9.47 Å². The van der Waals surface area contributed by atoms with Crippen LogP contribution in [-0.4, -0.2) is 43.2 Å². The normalized spacial score (nSPS) is 15.0. The Bertz CT molecular complexity index is 1020. The largest absolute Gasteiger partial charge is 0.497 e. The van der Waals surface area contributed by atoms with E-state index in [2.05, 4.69) is 20.2 Å². The third-order valence-corrected chi connectivity index (χ3v) is 6.13. The van der Waals surface area contributed by atoms with Crippen molar-refractivity contribution in [3.8, 4) is 11.5 Å². The number of nitrogens with zero attached hydrogens (tertiary/aromatic N) is 3.